The maximum Gasteiger partial charge on any atom is 0.253 e. The number of nitrogens with one attached hydrogen (secondary N) is 2. The Bertz CT molecular complexity index is 1040. The van der Waals surface area contributed by atoms with Crippen molar-refractivity contribution in [1.29, 1.82) is 0 Å². The van der Waals surface area contributed by atoms with Gasteiger partial charge in [-0.1, -0.05) is 12.1 Å². The number of carbonyl (C=O) groups is 4. The van der Waals surface area contributed by atoms with Crippen LogP contribution >= 0.6 is 0 Å². The fraction of sp³-hybridized carbons (Fsp3) is 0.238. The predicted octanol–water partition coefficient (Wildman–Crippen LogP) is 1.56. The van der Waals surface area contributed by atoms with Gasteiger partial charge < -0.3 is 21.3 Å². The van der Waals surface area contributed by atoms with Crippen molar-refractivity contribution in [2.75, 3.05) is 23.3 Å². The first-order chi connectivity index (χ1) is 14.8. The molecule has 1 aliphatic heterocycles. The molecule has 162 valence electrons. The molecule has 1 unspecified atom stereocenters. The molecule has 0 aromatic heterocycles. The van der Waals surface area contributed by atoms with E-state index in [9.17, 15) is 28.0 Å². The van der Waals surface area contributed by atoms with Crippen molar-refractivity contribution in [2.24, 2.45) is 11.7 Å². The van der Waals surface area contributed by atoms with E-state index in [-0.39, 0.29) is 42.9 Å². The smallest absolute Gasteiger partial charge is 0.253 e. The van der Waals surface area contributed by atoms with Crippen molar-refractivity contribution in [1.82, 2.24) is 5.32 Å². The van der Waals surface area contributed by atoms with E-state index in [2.05, 4.69) is 10.6 Å². The summed E-state index contributed by atoms with van der Waals surface area (Å²) in [6.07, 6.45) is -0.185. The molecule has 31 heavy (non-hydrogen) atoms. The molecule has 4 amide bonds. The van der Waals surface area contributed by atoms with Crippen LogP contribution in [0.25, 0.3) is 0 Å². The Hall–Kier alpha value is -3.82. The number of rotatable bonds is 7. The van der Waals surface area contributed by atoms with Crippen molar-refractivity contribution in [2.45, 2.75) is 12.8 Å². The quantitative estimate of drug-likeness (QED) is 0.617. The number of amides is 4. The van der Waals surface area contributed by atoms with Crippen LogP contribution in [0.4, 0.5) is 20.2 Å². The largest absolute Gasteiger partial charge is 0.370 e. The SMILES string of the molecule is NC(=O)CCNC(=O)c1ccccc1NC(=O)C1CC(=O)N(c2ccc(F)cc2F)C1. The van der Waals surface area contributed by atoms with Crippen LogP contribution in [0.15, 0.2) is 42.5 Å². The molecule has 1 aliphatic rings. The summed E-state index contributed by atoms with van der Waals surface area (Å²) in [5.41, 5.74) is 5.34. The highest BCUT2D eigenvalue weighted by Crippen LogP contribution is 2.29. The van der Waals surface area contributed by atoms with Crippen LogP contribution in [0.5, 0.6) is 0 Å². The Morgan fingerprint density at radius 1 is 1.13 bits per heavy atom. The van der Waals surface area contributed by atoms with Gasteiger partial charge in [-0.05, 0) is 24.3 Å². The van der Waals surface area contributed by atoms with Gasteiger partial charge in [0.2, 0.25) is 17.7 Å². The number of nitrogens with zero attached hydrogens (tertiary/aromatic N) is 1. The summed E-state index contributed by atoms with van der Waals surface area (Å²) in [4.78, 5) is 49.3. The Morgan fingerprint density at radius 2 is 1.87 bits per heavy atom. The van der Waals surface area contributed by atoms with Crippen molar-refractivity contribution >= 4 is 35.0 Å². The number of anilines is 2. The van der Waals surface area contributed by atoms with E-state index < -0.39 is 41.2 Å². The Labute approximate surface area is 176 Å². The molecule has 0 saturated carbocycles. The van der Waals surface area contributed by atoms with E-state index in [0.29, 0.717) is 6.07 Å². The molecule has 1 fully saturated rings. The Kier molecular flexibility index (Phi) is 6.58. The van der Waals surface area contributed by atoms with Gasteiger partial charge in [-0.3, -0.25) is 19.2 Å². The molecule has 1 heterocycles. The lowest BCUT2D eigenvalue weighted by Gasteiger charge is -2.18. The molecule has 2 aromatic rings. The molecule has 0 spiro atoms. The first-order valence-electron chi connectivity index (χ1n) is 9.48. The number of para-hydroxylation sites is 1. The fourth-order valence-corrected chi connectivity index (χ4v) is 3.24. The third kappa shape index (κ3) is 5.21. The molecule has 0 bridgehead atoms. The molecule has 3 rings (SSSR count). The molecular weight excluding hydrogens is 410 g/mol. The maximum atomic E-state index is 14.0. The summed E-state index contributed by atoms with van der Waals surface area (Å²) < 4.78 is 27.2. The average molecular weight is 430 g/mol. The first-order valence-corrected chi connectivity index (χ1v) is 9.48. The van der Waals surface area contributed by atoms with Gasteiger partial charge in [0, 0.05) is 32.0 Å². The zero-order valence-electron chi connectivity index (χ0n) is 16.4. The molecule has 0 aliphatic carbocycles. The van der Waals surface area contributed by atoms with Crippen molar-refractivity contribution in [3.63, 3.8) is 0 Å². The molecule has 10 heteroatoms. The van der Waals surface area contributed by atoms with Crippen LogP contribution in [-0.4, -0.2) is 36.7 Å². The van der Waals surface area contributed by atoms with Crippen LogP contribution in [0, 0.1) is 17.6 Å². The lowest BCUT2D eigenvalue weighted by molar-refractivity contribution is -0.122. The second-order valence-corrected chi connectivity index (χ2v) is 7.01. The van der Waals surface area contributed by atoms with Crippen molar-refractivity contribution < 1.29 is 28.0 Å². The molecular formula is C21H20F2N4O4. The lowest BCUT2D eigenvalue weighted by Crippen LogP contribution is -2.31. The third-order valence-corrected chi connectivity index (χ3v) is 4.78. The van der Waals surface area contributed by atoms with Gasteiger partial charge in [0.15, 0.2) is 0 Å². The number of hydrogen-bond donors (Lipinski definition) is 3. The van der Waals surface area contributed by atoms with E-state index in [4.69, 9.17) is 5.73 Å². The molecule has 1 saturated heterocycles. The normalized spacial score (nSPS) is 15.6. The number of hydrogen-bond acceptors (Lipinski definition) is 4. The molecule has 1 atom stereocenters. The van der Waals surface area contributed by atoms with Crippen LogP contribution in [0.3, 0.4) is 0 Å². The third-order valence-electron chi connectivity index (χ3n) is 4.78. The number of benzene rings is 2. The highest BCUT2D eigenvalue weighted by atomic mass is 19.1. The van der Waals surface area contributed by atoms with Crippen LogP contribution in [0.1, 0.15) is 23.2 Å². The minimum atomic E-state index is -0.896. The Balaban J connectivity index is 1.69. The van der Waals surface area contributed by atoms with Gasteiger partial charge in [-0.25, -0.2) is 8.78 Å². The van der Waals surface area contributed by atoms with Gasteiger partial charge >= 0.3 is 0 Å². The van der Waals surface area contributed by atoms with Gasteiger partial charge in [0.05, 0.1) is 22.9 Å². The predicted molar refractivity (Wildman–Crippen MR) is 108 cm³/mol. The highest BCUT2D eigenvalue weighted by molar-refractivity contribution is 6.07. The van der Waals surface area contributed by atoms with E-state index in [1.807, 2.05) is 0 Å². The van der Waals surface area contributed by atoms with Crippen molar-refractivity contribution in [3.05, 3.63) is 59.7 Å². The molecule has 4 N–H and O–H groups in total. The number of carbonyl (C=O) groups excluding carboxylic acids is 4. The zero-order valence-corrected chi connectivity index (χ0v) is 16.4. The summed E-state index contributed by atoms with van der Waals surface area (Å²) >= 11 is 0. The van der Waals surface area contributed by atoms with Crippen LogP contribution in [-0.2, 0) is 14.4 Å². The van der Waals surface area contributed by atoms with E-state index in [1.165, 1.54) is 12.1 Å². The monoisotopic (exact) mass is 430 g/mol. The summed E-state index contributed by atoms with van der Waals surface area (Å²) in [7, 11) is 0. The minimum absolute atomic E-state index is 0.0275. The molecule has 0 radical (unpaired) electrons. The standard InChI is InChI=1S/C21H20F2N4O4/c22-13-5-6-17(15(23)10-13)27-11-12(9-19(27)29)20(30)26-16-4-2-1-3-14(16)21(31)25-8-7-18(24)28/h1-6,10,12H,7-9,11H2,(H2,24,28)(H,25,31)(H,26,30). The van der Waals surface area contributed by atoms with E-state index in [1.54, 1.807) is 12.1 Å². The molecule has 2 aromatic carbocycles. The summed E-state index contributed by atoms with van der Waals surface area (Å²) in [6, 6.07) is 9.10. The second kappa shape index (κ2) is 9.33. The lowest BCUT2D eigenvalue weighted by atomic mass is 10.1. The topological polar surface area (TPSA) is 122 Å². The zero-order chi connectivity index (χ0) is 22.5. The number of nitrogens with two attached hydrogens (primary N) is 1. The number of halogens is 2. The highest BCUT2D eigenvalue weighted by Gasteiger charge is 2.36. The van der Waals surface area contributed by atoms with Crippen molar-refractivity contribution in [3.8, 4) is 0 Å². The van der Waals surface area contributed by atoms with E-state index >= 15 is 0 Å². The minimum Gasteiger partial charge on any atom is -0.370 e. The fourth-order valence-electron chi connectivity index (χ4n) is 3.24. The average Bonchev–Trinajstić information content (AvgIpc) is 3.09. The first kappa shape index (κ1) is 21.9. The van der Waals surface area contributed by atoms with Gasteiger partial charge in [-0.2, -0.15) is 0 Å². The van der Waals surface area contributed by atoms with Gasteiger partial charge in [0.25, 0.3) is 5.91 Å². The summed E-state index contributed by atoms with van der Waals surface area (Å²) in [5, 5.41) is 5.16. The maximum absolute atomic E-state index is 14.0. The van der Waals surface area contributed by atoms with Crippen LogP contribution < -0.4 is 21.3 Å². The molecule has 8 nitrogen and oxygen atoms in total. The number of primary amides is 1. The van der Waals surface area contributed by atoms with E-state index in [0.717, 1.165) is 17.0 Å². The second-order valence-electron chi connectivity index (χ2n) is 7.01. The summed E-state index contributed by atoms with van der Waals surface area (Å²) in [5.74, 6) is -4.51. The summed E-state index contributed by atoms with van der Waals surface area (Å²) in [6.45, 7) is -0.0358. The van der Waals surface area contributed by atoms with Gasteiger partial charge in [0.1, 0.15) is 11.6 Å². The Morgan fingerprint density at radius 3 is 2.58 bits per heavy atom. The van der Waals surface area contributed by atoms with Crippen LogP contribution in [0.2, 0.25) is 0 Å². The van der Waals surface area contributed by atoms with Gasteiger partial charge in [-0.15, -0.1) is 0 Å².